The molecule has 0 atom stereocenters. The molecule has 0 aliphatic rings. The van der Waals surface area contributed by atoms with Gasteiger partial charge in [-0.3, -0.25) is 5.43 Å². The van der Waals surface area contributed by atoms with E-state index >= 15 is 0 Å². The first-order chi connectivity index (χ1) is 12.1. The number of phenolic OH excluding ortho intramolecular Hbond substituents is 1. The average molecular weight is 462 g/mol. The Balaban J connectivity index is 1.70. The molecule has 0 aliphatic heterocycles. The number of fused-ring (bicyclic) bond motifs is 3. The number of phenols is 1. The third-order valence-electron chi connectivity index (χ3n) is 3.58. The van der Waals surface area contributed by atoms with Crippen LogP contribution in [-0.2, 0) is 0 Å². The standard InChI is InChI=1S/C16H10Br2N6O/c17-12-5-9(6-13(18)14(12)25)7-19-21-15-10-3-1-2-4-11(10)16-22-20-8-24(16)23-15/h1-8,25H,(H,21,23). The van der Waals surface area contributed by atoms with E-state index in [2.05, 4.69) is 57.7 Å². The van der Waals surface area contributed by atoms with Crippen molar-refractivity contribution in [2.24, 2.45) is 5.10 Å². The highest BCUT2D eigenvalue weighted by Crippen LogP contribution is 2.32. The molecule has 2 aromatic heterocycles. The summed E-state index contributed by atoms with van der Waals surface area (Å²) < 4.78 is 2.77. The van der Waals surface area contributed by atoms with Gasteiger partial charge in [-0.2, -0.15) is 9.62 Å². The molecule has 9 heteroatoms. The lowest BCUT2D eigenvalue weighted by molar-refractivity contribution is 0.468. The lowest BCUT2D eigenvalue weighted by Gasteiger charge is -2.06. The Morgan fingerprint density at radius 1 is 1.12 bits per heavy atom. The van der Waals surface area contributed by atoms with Crippen LogP contribution in [-0.4, -0.2) is 31.1 Å². The zero-order valence-corrected chi connectivity index (χ0v) is 15.7. The summed E-state index contributed by atoms with van der Waals surface area (Å²) in [7, 11) is 0. The molecule has 0 saturated heterocycles. The second kappa shape index (κ2) is 6.41. The summed E-state index contributed by atoms with van der Waals surface area (Å²) in [5.41, 5.74) is 4.46. The van der Waals surface area contributed by atoms with E-state index in [9.17, 15) is 5.11 Å². The minimum atomic E-state index is 0.149. The average Bonchev–Trinajstić information content (AvgIpc) is 3.08. The van der Waals surface area contributed by atoms with Crippen molar-refractivity contribution in [3.05, 3.63) is 57.2 Å². The van der Waals surface area contributed by atoms with Gasteiger partial charge in [0.05, 0.1) is 15.2 Å². The molecule has 4 aromatic rings. The van der Waals surface area contributed by atoms with E-state index in [1.54, 1.807) is 29.2 Å². The molecule has 4 rings (SSSR count). The van der Waals surface area contributed by atoms with Crippen molar-refractivity contribution in [1.82, 2.24) is 19.8 Å². The number of anilines is 1. The smallest absolute Gasteiger partial charge is 0.185 e. The second-order valence-electron chi connectivity index (χ2n) is 5.20. The molecule has 2 aromatic carbocycles. The van der Waals surface area contributed by atoms with E-state index in [0.717, 1.165) is 16.3 Å². The molecular weight excluding hydrogens is 452 g/mol. The topological polar surface area (TPSA) is 87.7 Å². The number of nitrogens with one attached hydrogen (secondary N) is 1. The summed E-state index contributed by atoms with van der Waals surface area (Å²) in [4.78, 5) is 0. The predicted molar refractivity (Wildman–Crippen MR) is 103 cm³/mol. The molecule has 0 radical (unpaired) electrons. The number of hydrogen-bond donors (Lipinski definition) is 2. The Hall–Kier alpha value is -2.52. The number of halogens is 2. The van der Waals surface area contributed by atoms with Crippen molar-refractivity contribution >= 4 is 60.3 Å². The summed E-state index contributed by atoms with van der Waals surface area (Å²) in [6.07, 6.45) is 3.19. The van der Waals surface area contributed by atoms with Gasteiger partial charge in [-0.1, -0.05) is 24.3 Å². The van der Waals surface area contributed by atoms with Crippen LogP contribution in [0, 0.1) is 0 Å². The summed E-state index contributed by atoms with van der Waals surface area (Å²) in [5, 5.41) is 28.3. The molecule has 124 valence electrons. The highest BCUT2D eigenvalue weighted by atomic mass is 79.9. The number of aromatic hydroxyl groups is 1. The van der Waals surface area contributed by atoms with E-state index in [1.807, 2.05) is 24.3 Å². The van der Waals surface area contributed by atoms with E-state index in [4.69, 9.17) is 0 Å². The number of rotatable bonds is 3. The van der Waals surface area contributed by atoms with Crippen molar-refractivity contribution in [3.63, 3.8) is 0 Å². The maximum absolute atomic E-state index is 9.75. The number of aromatic nitrogens is 4. The molecular formula is C16H10Br2N6O. The van der Waals surface area contributed by atoms with Crippen LogP contribution in [0.5, 0.6) is 5.75 Å². The predicted octanol–water partition coefficient (Wildman–Crippen LogP) is 3.95. The summed E-state index contributed by atoms with van der Waals surface area (Å²) in [5.74, 6) is 0.742. The monoisotopic (exact) mass is 460 g/mol. The Kier molecular flexibility index (Phi) is 4.10. The van der Waals surface area contributed by atoms with Gasteiger partial charge in [-0.05, 0) is 49.6 Å². The molecule has 0 bridgehead atoms. The number of hydrazone groups is 1. The van der Waals surface area contributed by atoms with Crippen LogP contribution in [0.3, 0.4) is 0 Å². The fourth-order valence-electron chi connectivity index (χ4n) is 2.44. The molecule has 7 nitrogen and oxygen atoms in total. The highest BCUT2D eigenvalue weighted by molar-refractivity contribution is 9.11. The van der Waals surface area contributed by atoms with Crippen LogP contribution in [0.4, 0.5) is 5.82 Å². The number of hydrogen-bond acceptors (Lipinski definition) is 6. The molecule has 0 amide bonds. The molecule has 0 spiro atoms. The Morgan fingerprint density at radius 2 is 1.84 bits per heavy atom. The zero-order valence-electron chi connectivity index (χ0n) is 12.6. The van der Waals surface area contributed by atoms with Crippen LogP contribution in [0.15, 0.2) is 56.8 Å². The molecule has 25 heavy (non-hydrogen) atoms. The number of benzene rings is 2. The fourth-order valence-corrected chi connectivity index (χ4v) is 3.66. The van der Waals surface area contributed by atoms with Gasteiger partial charge in [-0.25, -0.2) is 0 Å². The normalized spacial score (nSPS) is 11.6. The Morgan fingerprint density at radius 3 is 2.60 bits per heavy atom. The van der Waals surface area contributed by atoms with Crippen LogP contribution in [0.2, 0.25) is 0 Å². The van der Waals surface area contributed by atoms with Crippen molar-refractivity contribution in [2.75, 3.05) is 5.43 Å². The Bertz CT molecular complexity index is 1100. The quantitative estimate of drug-likeness (QED) is 0.356. The lowest BCUT2D eigenvalue weighted by atomic mass is 10.2. The molecule has 2 N–H and O–H groups in total. The molecule has 2 heterocycles. The van der Waals surface area contributed by atoms with Gasteiger partial charge < -0.3 is 5.11 Å². The van der Waals surface area contributed by atoms with Crippen LogP contribution >= 0.6 is 31.9 Å². The van der Waals surface area contributed by atoms with Gasteiger partial charge in [0.1, 0.15) is 12.1 Å². The van der Waals surface area contributed by atoms with Gasteiger partial charge in [0, 0.05) is 10.8 Å². The number of nitrogens with zero attached hydrogens (tertiary/aromatic N) is 5. The zero-order chi connectivity index (χ0) is 17.4. The first-order valence-electron chi connectivity index (χ1n) is 7.19. The first-order valence-corrected chi connectivity index (χ1v) is 8.78. The SMILES string of the molecule is Oc1c(Br)cc(C=NNc2nn3cnnc3c3ccccc23)cc1Br. The summed E-state index contributed by atoms with van der Waals surface area (Å²) >= 11 is 6.59. The molecule has 0 fully saturated rings. The van der Waals surface area contributed by atoms with Gasteiger partial charge in [0.2, 0.25) is 0 Å². The molecule has 0 aliphatic carbocycles. The van der Waals surface area contributed by atoms with E-state index < -0.39 is 0 Å². The van der Waals surface area contributed by atoms with Gasteiger partial charge in [0.15, 0.2) is 11.5 Å². The van der Waals surface area contributed by atoms with Crippen LogP contribution in [0.1, 0.15) is 5.56 Å². The van der Waals surface area contributed by atoms with E-state index in [0.29, 0.717) is 20.4 Å². The van der Waals surface area contributed by atoms with Crippen LogP contribution in [0.25, 0.3) is 16.4 Å². The summed E-state index contributed by atoms with van der Waals surface area (Å²) in [6.45, 7) is 0. The van der Waals surface area contributed by atoms with Gasteiger partial charge in [-0.15, -0.1) is 15.3 Å². The fraction of sp³-hybridized carbons (Fsp3) is 0. The van der Waals surface area contributed by atoms with Crippen molar-refractivity contribution < 1.29 is 5.11 Å². The van der Waals surface area contributed by atoms with Crippen molar-refractivity contribution in [2.45, 2.75) is 0 Å². The maximum Gasteiger partial charge on any atom is 0.185 e. The largest absolute Gasteiger partial charge is 0.506 e. The first kappa shape index (κ1) is 16.0. The van der Waals surface area contributed by atoms with E-state index in [-0.39, 0.29) is 5.75 Å². The minimum Gasteiger partial charge on any atom is -0.506 e. The summed E-state index contributed by atoms with van der Waals surface area (Å²) in [6, 6.07) is 11.3. The minimum absolute atomic E-state index is 0.149. The van der Waals surface area contributed by atoms with Gasteiger partial charge >= 0.3 is 0 Å². The van der Waals surface area contributed by atoms with Crippen LogP contribution < -0.4 is 5.43 Å². The molecule has 0 saturated carbocycles. The second-order valence-corrected chi connectivity index (χ2v) is 6.91. The van der Waals surface area contributed by atoms with Crippen molar-refractivity contribution in [3.8, 4) is 5.75 Å². The third-order valence-corrected chi connectivity index (χ3v) is 4.79. The van der Waals surface area contributed by atoms with Gasteiger partial charge in [0.25, 0.3) is 0 Å². The maximum atomic E-state index is 9.75. The van der Waals surface area contributed by atoms with Crippen molar-refractivity contribution in [1.29, 1.82) is 0 Å². The molecule has 0 unspecified atom stereocenters. The Labute approximate surface area is 158 Å². The lowest BCUT2D eigenvalue weighted by Crippen LogP contribution is -2.00. The third kappa shape index (κ3) is 2.96. The van der Waals surface area contributed by atoms with E-state index in [1.165, 1.54) is 0 Å². The highest BCUT2D eigenvalue weighted by Gasteiger charge is 2.09.